The number of carbonyl (C=O) groups is 1. The monoisotopic (exact) mass is 244 g/mol. The Hall–Kier alpha value is -1.13. The van der Waals surface area contributed by atoms with Crippen LogP contribution in [0.3, 0.4) is 0 Å². The van der Waals surface area contributed by atoms with Gasteiger partial charge in [-0.15, -0.1) is 0 Å². The molecule has 1 N–H and O–H groups in total. The summed E-state index contributed by atoms with van der Waals surface area (Å²) in [4.78, 5) is 12.7. The summed E-state index contributed by atoms with van der Waals surface area (Å²) in [6, 6.07) is 4.35. The first-order chi connectivity index (χ1) is 7.50. The van der Waals surface area contributed by atoms with E-state index in [0.29, 0.717) is 10.6 Å². The molecule has 1 aromatic carbocycles. The number of hydrogen-bond acceptors (Lipinski definition) is 2. The minimum absolute atomic E-state index is 0.0533. The van der Waals surface area contributed by atoms with E-state index in [9.17, 15) is 9.18 Å². The summed E-state index contributed by atoms with van der Waals surface area (Å²) < 4.78 is 13.3. The summed E-state index contributed by atoms with van der Waals surface area (Å²) in [5.41, 5.74) is 0.457. The highest BCUT2D eigenvalue weighted by atomic mass is 35.5. The zero-order valence-electron chi connectivity index (χ0n) is 9.26. The molecule has 0 bridgehead atoms. The lowest BCUT2D eigenvalue weighted by atomic mass is 10.2. The maximum absolute atomic E-state index is 13.3. The summed E-state index contributed by atoms with van der Waals surface area (Å²) >= 11 is 5.74. The molecule has 0 saturated heterocycles. The second-order valence-corrected chi connectivity index (χ2v) is 4.06. The van der Waals surface area contributed by atoms with Crippen molar-refractivity contribution in [1.29, 1.82) is 0 Å². The van der Waals surface area contributed by atoms with Gasteiger partial charge in [-0.1, -0.05) is 11.6 Å². The van der Waals surface area contributed by atoms with Crippen molar-refractivity contribution < 1.29 is 9.18 Å². The van der Waals surface area contributed by atoms with Gasteiger partial charge in [-0.2, -0.15) is 0 Å². The Labute approximate surface area is 99.2 Å². The molecule has 88 valence electrons. The average Bonchev–Trinajstić information content (AvgIpc) is 2.22. The van der Waals surface area contributed by atoms with Crippen molar-refractivity contribution in [1.82, 2.24) is 10.2 Å². The molecule has 0 atom stereocenters. The fraction of sp³-hybridized carbons (Fsp3) is 0.364. The lowest BCUT2D eigenvalue weighted by Crippen LogP contribution is -2.32. The number of amides is 1. The molecule has 1 amide bonds. The molecule has 1 aromatic rings. The van der Waals surface area contributed by atoms with Gasteiger partial charge >= 0.3 is 0 Å². The minimum atomic E-state index is -0.325. The SMILES string of the molecule is CN(C)C(=O)CNCc1cc(Cl)ccc1F. The molecule has 0 aliphatic carbocycles. The zero-order chi connectivity index (χ0) is 12.1. The van der Waals surface area contributed by atoms with Gasteiger partial charge in [0, 0.05) is 31.2 Å². The van der Waals surface area contributed by atoms with E-state index >= 15 is 0 Å². The molecule has 0 aromatic heterocycles. The van der Waals surface area contributed by atoms with Crippen LogP contribution in [-0.4, -0.2) is 31.4 Å². The number of nitrogens with one attached hydrogen (secondary N) is 1. The van der Waals surface area contributed by atoms with Crippen LogP contribution in [0.2, 0.25) is 5.02 Å². The van der Waals surface area contributed by atoms with Gasteiger partial charge in [0.05, 0.1) is 6.54 Å². The normalized spacial score (nSPS) is 10.2. The number of hydrogen-bond donors (Lipinski definition) is 1. The summed E-state index contributed by atoms with van der Waals surface area (Å²) in [7, 11) is 3.34. The van der Waals surface area contributed by atoms with Crippen LogP contribution in [0, 0.1) is 5.82 Å². The van der Waals surface area contributed by atoms with Gasteiger partial charge < -0.3 is 10.2 Å². The average molecular weight is 245 g/mol. The standard InChI is InChI=1S/C11H14ClFN2O/c1-15(2)11(16)7-14-6-8-5-9(12)3-4-10(8)13/h3-5,14H,6-7H2,1-2H3. The molecular weight excluding hydrogens is 231 g/mol. The minimum Gasteiger partial charge on any atom is -0.348 e. The predicted molar refractivity (Wildman–Crippen MR) is 61.8 cm³/mol. The van der Waals surface area contributed by atoms with Crippen molar-refractivity contribution >= 4 is 17.5 Å². The molecule has 0 fully saturated rings. The molecule has 0 aliphatic heterocycles. The first-order valence-corrected chi connectivity index (χ1v) is 5.23. The Morgan fingerprint density at radius 3 is 2.81 bits per heavy atom. The van der Waals surface area contributed by atoms with Crippen LogP contribution in [0.1, 0.15) is 5.56 Å². The van der Waals surface area contributed by atoms with Gasteiger partial charge in [-0.25, -0.2) is 4.39 Å². The Morgan fingerprint density at radius 2 is 2.19 bits per heavy atom. The van der Waals surface area contributed by atoms with E-state index in [1.165, 1.54) is 17.0 Å². The summed E-state index contributed by atoms with van der Waals surface area (Å²) in [6.45, 7) is 0.463. The first-order valence-electron chi connectivity index (χ1n) is 4.85. The predicted octanol–water partition coefficient (Wildman–Crippen LogP) is 1.66. The lowest BCUT2D eigenvalue weighted by Gasteiger charge is -2.11. The second kappa shape index (κ2) is 5.82. The van der Waals surface area contributed by atoms with Crippen LogP contribution >= 0.6 is 11.6 Å². The van der Waals surface area contributed by atoms with Crippen LogP contribution < -0.4 is 5.32 Å². The van der Waals surface area contributed by atoms with E-state index in [-0.39, 0.29) is 24.8 Å². The fourth-order valence-electron chi connectivity index (χ4n) is 1.14. The molecule has 0 saturated carbocycles. The molecule has 0 radical (unpaired) electrons. The van der Waals surface area contributed by atoms with Gasteiger partial charge in [-0.05, 0) is 18.2 Å². The van der Waals surface area contributed by atoms with E-state index in [1.807, 2.05) is 0 Å². The molecule has 0 spiro atoms. The highest BCUT2D eigenvalue weighted by Gasteiger charge is 2.05. The maximum Gasteiger partial charge on any atom is 0.236 e. The lowest BCUT2D eigenvalue weighted by molar-refractivity contribution is -0.127. The number of carbonyl (C=O) groups excluding carboxylic acids is 1. The third-order valence-corrected chi connectivity index (χ3v) is 2.33. The van der Waals surface area contributed by atoms with E-state index in [1.54, 1.807) is 20.2 Å². The number of halogens is 2. The van der Waals surface area contributed by atoms with Gasteiger partial charge in [-0.3, -0.25) is 4.79 Å². The second-order valence-electron chi connectivity index (χ2n) is 3.63. The summed E-state index contributed by atoms with van der Waals surface area (Å²) in [5, 5.41) is 3.34. The molecule has 16 heavy (non-hydrogen) atoms. The van der Waals surface area contributed by atoms with Crippen molar-refractivity contribution in [3.63, 3.8) is 0 Å². The number of likely N-dealkylation sites (N-methyl/N-ethyl adjacent to an activating group) is 1. The van der Waals surface area contributed by atoms with E-state index in [4.69, 9.17) is 11.6 Å². The smallest absolute Gasteiger partial charge is 0.236 e. The molecule has 0 unspecified atom stereocenters. The molecular formula is C11H14ClFN2O. The topological polar surface area (TPSA) is 32.3 Å². The van der Waals surface area contributed by atoms with Gasteiger partial charge in [0.1, 0.15) is 5.82 Å². The zero-order valence-corrected chi connectivity index (χ0v) is 10.0. The summed E-state index contributed by atoms with van der Waals surface area (Å²) in [5.74, 6) is -0.378. The van der Waals surface area contributed by atoms with E-state index < -0.39 is 0 Å². The molecule has 1 rings (SSSR count). The molecule has 0 aliphatic rings. The Bertz CT molecular complexity index is 382. The van der Waals surface area contributed by atoms with Gasteiger partial charge in [0.2, 0.25) is 5.91 Å². The largest absolute Gasteiger partial charge is 0.348 e. The Balaban J connectivity index is 2.49. The van der Waals surface area contributed by atoms with Crippen LogP contribution in [0.15, 0.2) is 18.2 Å². The molecule has 5 heteroatoms. The van der Waals surface area contributed by atoms with Crippen molar-refractivity contribution in [2.24, 2.45) is 0 Å². The summed E-state index contributed by atoms with van der Waals surface area (Å²) in [6.07, 6.45) is 0. The van der Waals surface area contributed by atoms with Gasteiger partial charge in [0.25, 0.3) is 0 Å². The number of nitrogens with zero attached hydrogens (tertiary/aromatic N) is 1. The van der Waals surface area contributed by atoms with Gasteiger partial charge in [0.15, 0.2) is 0 Å². The van der Waals surface area contributed by atoms with Crippen LogP contribution in [0.4, 0.5) is 4.39 Å². The third kappa shape index (κ3) is 3.79. The highest BCUT2D eigenvalue weighted by molar-refractivity contribution is 6.30. The third-order valence-electron chi connectivity index (χ3n) is 2.10. The first kappa shape index (κ1) is 12.9. The maximum atomic E-state index is 13.3. The van der Waals surface area contributed by atoms with Crippen LogP contribution in [0.25, 0.3) is 0 Å². The highest BCUT2D eigenvalue weighted by Crippen LogP contribution is 2.14. The van der Waals surface area contributed by atoms with E-state index in [2.05, 4.69) is 5.32 Å². The van der Waals surface area contributed by atoms with E-state index in [0.717, 1.165) is 0 Å². The van der Waals surface area contributed by atoms with Crippen LogP contribution in [0.5, 0.6) is 0 Å². The van der Waals surface area contributed by atoms with Crippen molar-refractivity contribution in [2.75, 3.05) is 20.6 Å². The molecule has 0 heterocycles. The number of benzene rings is 1. The van der Waals surface area contributed by atoms with Crippen LogP contribution in [-0.2, 0) is 11.3 Å². The Morgan fingerprint density at radius 1 is 1.50 bits per heavy atom. The molecule has 3 nitrogen and oxygen atoms in total. The number of rotatable bonds is 4. The van der Waals surface area contributed by atoms with Crippen molar-refractivity contribution in [3.8, 4) is 0 Å². The Kier molecular flexibility index (Phi) is 4.71. The van der Waals surface area contributed by atoms with Crippen molar-refractivity contribution in [2.45, 2.75) is 6.54 Å². The fourth-order valence-corrected chi connectivity index (χ4v) is 1.34. The van der Waals surface area contributed by atoms with Crippen molar-refractivity contribution in [3.05, 3.63) is 34.6 Å². The quantitative estimate of drug-likeness (QED) is 0.874.